The molecule has 0 saturated heterocycles. The Kier molecular flexibility index (Phi) is 14.6. The minimum Gasteiger partial charge on any atom is -0.478 e. The van der Waals surface area contributed by atoms with Crippen molar-refractivity contribution in [1.82, 2.24) is 0 Å². The van der Waals surface area contributed by atoms with Crippen LogP contribution in [0.15, 0.2) is 48.5 Å². The Morgan fingerprint density at radius 1 is 0.758 bits per heavy atom. The van der Waals surface area contributed by atoms with Gasteiger partial charge in [-0.3, -0.25) is 0 Å². The Hall–Kier alpha value is -2.74. The Balaban J connectivity index is 0.000000472. The fourth-order valence-electron chi connectivity index (χ4n) is 2.75. The third-order valence-electron chi connectivity index (χ3n) is 4.51. The fourth-order valence-corrected chi connectivity index (χ4v) is 2.75. The lowest BCUT2D eigenvalue weighted by Gasteiger charge is -2.10. The van der Waals surface area contributed by atoms with Crippen molar-refractivity contribution in [3.8, 4) is 0 Å². The SMILES string of the molecule is CC(C)c1ccccc1C(=O)O.CC(C)c1ccccc1C(=O)O.CC(O)COC(C)CO. The molecule has 0 fully saturated rings. The number of carboxylic acid groups (broad SMARTS) is 2. The van der Waals surface area contributed by atoms with Crippen molar-refractivity contribution in [1.29, 1.82) is 0 Å². The van der Waals surface area contributed by atoms with Crippen LogP contribution in [0.5, 0.6) is 0 Å². The second-order valence-electron chi connectivity index (χ2n) is 8.27. The Bertz CT molecular complexity index is 783. The molecule has 7 nitrogen and oxygen atoms in total. The molecule has 0 aliphatic heterocycles. The van der Waals surface area contributed by atoms with E-state index in [1.54, 1.807) is 38.1 Å². The first-order valence-electron chi connectivity index (χ1n) is 11.0. The highest BCUT2D eigenvalue weighted by atomic mass is 16.5. The molecule has 0 bridgehead atoms. The molecule has 2 atom stereocenters. The fraction of sp³-hybridized carbons (Fsp3) is 0.462. The molecule has 2 unspecified atom stereocenters. The van der Waals surface area contributed by atoms with Gasteiger partial charge >= 0.3 is 11.9 Å². The minimum absolute atomic E-state index is 0.00667. The van der Waals surface area contributed by atoms with Crippen LogP contribution in [-0.2, 0) is 4.74 Å². The number of hydrogen-bond acceptors (Lipinski definition) is 5. The summed E-state index contributed by atoms with van der Waals surface area (Å²) in [4.78, 5) is 21.5. The van der Waals surface area contributed by atoms with Gasteiger partial charge in [-0.05, 0) is 48.9 Å². The van der Waals surface area contributed by atoms with Crippen LogP contribution in [0.25, 0.3) is 0 Å². The summed E-state index contributed by atoms with van der Waals surface area (Å²) in [6.45, 7) is 11.6. The number of ether oxygens (including phenoxy) is 1. The van der Waals surface area contributed by atoms with Gasteiger partial charge in [0.1, 0.15) is 0 Å². The van der Waals surface area contributed by atoms with Crippen molar-refractivity contribution in [3.63, 3.8) is 0 Å². The first-order valence-corrected chi connectivity index (χ1v) is 11.0. The van der Waals surface area contributed by atoms with Crippen molar-refractivity contribution in [2.45, 2.75) is 65.6 Å². The normalized spacial score (nSPS) is 12.2. The van der Waals surface area contributed by atoms with Crippen LogP contribution in [0.4, 0.5) is 0 Å². The van der Waals surface area contributed by atoms with E-state index in [4.69, 9.17) is 25.2 Å². The maximum Gasteiger partial charge on any atom is 0.335 e. The summed E-state index contributed by atoms with van der Waals surface area (Å²) in [5, 5.41) is 34.8. The first kappa shape index (κ1) is 30.3. The summed E-state index contributed by atoms with van der Waals surface area (Å²) in [5.74, 6) is -1.17. The number of aromatic carboxylic acids is 2. The minimum atomic E-state index is -0.848. The second-order valence-corrected chi connectivity index (χ2v) is 8.27. The van der Waals surface area contributed by atoms with Gasteiger partial charge in [-0.1, -0.05) is 64.1 Å². The van der Waals surface area contributed by atoms with Gasteiger partial charge in [0.2, 0.25) is 0 Å². The van der Waals surface area contributed by atoms with Crippen molar-refractivity contribution >= 4 is 11.9 Å². The van der Waals surface area contributed by atoms with E-state index < -0.39 is 18.0 Å². The average Bonchev–Trinajstić information content (AvgIpc) is 2.78. The highest BCUT2D eigenvalue weighted by Gasteiger charge is 2.11. The van der Waals surface area contributed by atoms with E-state index in [1.807, 2.05) is 52.0 Å². The van der Waals surface area contributed by atoms with Crippen molar-refractivity contribution in [3.05, 3.63) is 70.8 Å². The Labute approximate surface area is 196 Å². The lowest BCUT2D eigenvalue weighted by molar-refractivity contribution is -0.0177. The molecule has 0 aliphatic rings. The van der Waals surface area contributed by atoms with E-state index in [1.165, 1.54) is 0 Å². The molecular weight excluding hydrogens is 424 g/mol. The molecule has 2 aromatic rings. The predicted octanol–water partition coefficient (Wildman–Crippen LogP) is 4.78. The lowest BCUT2D eigenvalue weighted by Crippen LogP contribution is -2.19. The second kappa shape index (κ2) is 16.0. The molecule has 33 heavy (non-hydrogen) atoms. The van der Waals surface area contributed by atoms with Crippen LogP contribution in [0.1, 0.15) is 85.2 Å². The van der Waals surface area contributed by atoms with Crippen LogP contribution in [0, 0.1) is 0 Å². The summed E-state index contributed by atoms with van der Waals surface area (Å²) in [6, 6.07) is 14.2. The largest absolute Gasteiger partial charge is 0.478 e. The molecule has 0 heterocycles. The van der Waals surface area contributed by atoms with Gasteiger partial charge in [-0.2, -0.15) is 0 Å². The van der Waals surface area contributed by atoms with E-state index in [2.05, 4.69) is 0 Å². The summed E-state index contributed by atoms with van der Waals surface area (Å²) in [7, 11) is 0. The third kappa shape index (κ3) is 12.2. The van der Waals surface area contributed by atoms with Gasteiger partial charge in [0.15, 0.2) is 0 Å². The quantitative estimate of drug-likeness (QED) is 0.445. The lowest BCUT2D eigenvalue weighted by atomic mass is 9.97. The first-order chi connectivity index (χ1) is 15.4. The molecule has 184 valence electrons. The number of rotatable bonds is 8. The molecular formula is C26H38O7. The molecule has 0 spiro atoms. The smallest absolute Gasteiger partial charge is 0.335 e. The topological polar surface area (TPSA) is 124 Å². The van der Waals surface area contributed by atoms with Crippen molar-refractivity contribution in [2.75, 3.05) is 13.2 Å². The molecule has 4 N–H and O–H groups in total. The van der Waals surface area contributed by atoms with Crippen LogP contribution >= 0.6 is 0 Å². The maximum absolute atomic E-state index is 10.7. The Morgan fingerprint density at radius 3 is 1.36 bits per heavy atom. The molecule has 2 rings (SSSR count). The van der Waals surface area contributed by atoms with Gasteiger partial charge in [0.25, 0.3) is 0 Å². The van der Waals surface area contributed by atoms with Crippen LogP contribution in [-0.4, -0.2) is 57.8 Å². The summed E-state index contributed by atoms with van der Waals surface area (Å²) in [5.41, 5.74) is 2.61. The predicted molar refractivity (Wildman–Crippen MR) is 129 cm³/mol. The van der Waals surface area contributed by atoms with Gasteiger partial charge in [0, 0.05) is 0 Å². The highest BCUT2D eigenvalue weighted by molar-refractivity contribution is 5.90. The molecule has 0 aliphatic carbocycles. The molecule has 0 aromatic heterocycles. The molecule has 0 radical (unpaired) electrons. The van der Waals surface area contributed by atoms with E-state index in [-0.39, 0.29) is 24.5 Å². The number of aliphatic hydroxyl groups is 2. The highest BCUT2D eigenvalue weighted by Crippen LogP contribution is 2.19. The Morgan fingerprint density at radius 2 is 1.12 bits per heavy atom. The van der Waals surface area contributed by atoms with Gasteiger partial charge < -0.3 is 25.2 Å². The standard InChI is InChI=1S/2C10H12O2.C6H14O3/c2*1-7(2)8-5-3-4-6-9(8)10(11)12;1-5(8)4-9-6(2)3-7/h2*3-7H,1-2H3,(H,11,12);5-8H,3-4H2,1-2H3. The van der Waals surface area contributed by atoms with Crippen LogP contribution < -0.4 is 0 Å². The van der Waals surface area contributed by atoms with E-state index in [0.29, 0.717) is 17.7 Å². The van der Waals surface area contributed by atoms with Gasteiger partial charge in [0.05, 0.1) is 36.5 Å². The van der Waals surface area contributed by atoms with Crippen molar-refractivity contribution < 1.29 is 34.8 Å². The monoisotopic (exact) mass is 462 g/mol. The van der Waals surface area contributed by atoms with Gasteiger partial charge in [-0.15, -0.1) is 0 Å². The zero-order valence-corrected chi connectivity index (χ0v) is 20.4. The van der Waals surface area contributed by atoms with E-state index in [9.17, 15) is 9.59 Å². The number of aliphatic hydroxyl groups excluding tert-OH is 2. The van der Waals surface area contributed by atoms with Gasteiger partial charge in [-0.25, -0.2) is 9.59 Å². The molecule has 2 aromatic carbocycles. The number of hydrogen-bond donors (Lipinski definition) is 4. The third-order valence-corrected chi connectivity index (χ3v) is 4.51. The number of benzene rings is 2. The summed E-state index contributed by atoms with van der Waals surface area (Å²) >= 11 is 0. The molecule has 7 heteroatoms. The molecule has 0 amide bonds. The van der Waals surface area contributed by atoms with Crippen LogP contribution in [0.3, 0.4) is 0 Å². The summed E-state index contributed by atoms with van der Waals surface area (Å²) < 4.78 is 4.95. The maximum atomic E-state index is 10.7. The zero-order chi connectivity index (χ0) is 25.6. The van der Waals surface area contributed by atoms with Crippen LogP contribution in [0.2, 0.25) is 0 Å². The molecule has 0 saturated carbocycles. The van der Waals surface area contributed by atoms with E-state index >= 15 is 0 Å². The zero-order valence-electron chi connectivity index (χ0n) is 20.4. The average molecular weight is 463 g/mol. The number of carbonyl (C=O) groups is 2. The van der Waals surface area contributed by atoms with E-state index in [0.717, 1.165) is 11.1 Å². The summed E-state index contributed by atoms with van der Waals surface area (Å²) in [6.07, 6.45) is -0.612. The number of carboxylic acids is 2. The van der Waals surface area contributed by atoms with Crippen molar-refractivity contribution in [2.24, 2.45) is 0 Å².